The van der Waals surface area contributed by atoms with Gasteiger partial charge in [0.05, 0.1) is 0 Å². The van der Waals surface area contributed by atoms with E-state index < -0.39 is 0 Å². The van der Waals surface area contributed by atoms with Crippen LogP contribution in [0.1, 0.15) is 58.2 Å². The van der Waals surface area contributed by atoms with Crippen LogP contribution in [0, 0.1) is 6.92 Å². The average molecular weight is 353 g/mol. The van der Waals surface area contributed by atoms with Crippen molar-refractivity contribution >= 4 is 5.69 Å². The Balaban J connectivity index is 2.31. The smallest absolute Gasteiger partial charge is 0.0413 e. The Morgan fingerprint density at radius 3 is 1.85 bits per heavy atom. The number of benzene rings is 2. The third-order valence-corrected chi connectivity index (χ3v) is 5.16. The molecular formula is C24H36N2. The number of hydrogen-bond donors (Lipinski definition) is 0. The van der Waals surface area contributed by atoms with E-state index in [0.717, 1.165) is 13.1 Å². The van der Waals surface area contributed by atoms with Crippen LogP contribution in [0.15, 0.2) is 48.5 Å². The maximum Gasteiger partial charge on any atom is 0.0413 e. The standard InChI is InChI=1S/C24H36N2/c1-19-13-15-20(16-14-19)17-26(24(5,6)7)18-21-11-9-10-12-22(21)25(8)23(2,3)4/h9-16H,17-18H2,1-8H3. The first kappa shape index (κ1) is 20.5. The number of rotatable bonds is 5. The van der Waals surface area contributed by atoms with E-state index in [4.69, 9.17) is 0 Å². The topological polar surface area (TPSA) is 6.48 Å². The molecule has 0 saturated heterocycles. The van der Waals surface area contributed by atoms with Crippen molar-refractivity contribution in [2.75, 3.05) is 11.9 Å². The molecule has 2 heteroatoms. The summed E-state index contributed by atoms with van der Waals surface area (Å²) < 4.78 is 0. The molecule has 2 aromatic carbocycles. The summed E-state index contributed by atoms with van der Waals surface area (Å²) in [7, 11) is 2.19. The highest BCUT2D eigenvalue weighted by Crippen LogP contribution is 2.29. The zero-order valence-electron chi connectivity index (χ0n) is 17.9. The number of hydrogen-bond acceptors (Lipinski definition) is 2. The molecular weight excluding hydrogens is 316 g/mol. The Morgan fingerprint density at radius 1 is 0.731 bits per heavy atom. The van der Waals surface area contributed by atoms with Crippen LogP contribution in [-0.2, 0) is 13.1 Å². The molecule has 26 heavy (non-hydrogen) atoms. The van der Waals surface area contributed by atoms with E-state index in [1.54, 1.807) is 0 Å². The number of anilines is 1. The van der Waals surface area contributed by atoms with Gasteiger partial charge in [-0.3, -0.25) is 4.90 Å². The maximum atomic E-state index is 2.56. The van der Waals surface area contributed by atoms with Crippen molar-refractivity contribution in [3.05, 3.63) is 65.2 Å². The second-order valence-electron chi connectivity index (χ2n) is 9.37. The fourth-order valence-electron chi connectivity index (χ4n) is 2.98. The molecule has 2 rings (SSSR count). The molecule has 0 aliphatic heterocycles. The van der Waals surface area contributed by atoms with Gasteiger partial charge in [-0.15, -0.1) is 0 Å². The van der Waals surface area contributed by atoms with Gasteiger partial charge in [-0.25, -0.2) is 0 Å². The van der Waals surface area contributed by atoms with Gasteiger partial charge in [-0.1, -0.05) is 48.0 Å². The molecule has 142 valence electrons. The van der Waals surface area contributed by atoms with Crippen LogP contribution < -0.4 is 4.90 Å². The van der Waals surface area contributed by atoms with E-state index in [9.17, 15) is 0 Å². The molecule has 0 aliphatic rings. The van der Waals surface area contributed by atoms with Crippen molar-refractivity contribution in [2.24, 2.45) is 0 Å². The van der Waals surface area contributed by atoms with Gasteiger partial charge in [0.1, 0.15) is 0 Å². The molecule has 0 atom stereocenters. The van der Waals surface area contributed by atoms with Gasteiger partial charge in [0.25, 0.3) is 0 Å². The van der Waals surface area contributed by atoms with E-state index >= 15 is 0 Å². The van der Waals surface area contributed by atoms with Crippen molar-refractivity contribution in [3.63, 3.8) is 0 Å². The van der Waals surface area contributed by atoms with Crippen LogP contribution in [0.25, 0.3) is 0 Å². The van der Waals surface area contributed by atoms with Crippen LogP contribution in [0.5, 0.6) is 0 Å². The van der Waals surface area contributed by atoms with Crippen molar-refractivity contribution in [2.45, 2.75) is 72.6 Å². The fraction of sp³-hybridized carbons (Fsp3) is 0.500. The highest BCUT2D eigenvalue weighted by molar-refractivity contribution is 5.54. The van der Waals surface area contributed by atoms with Gasteiger partial charge in [-0.2, -0.15) is 0 Å². The molecule has 2 nitrogen and oxygen atoms in total. The zero-order valence-corrected chi connectivity index (χ0v) is 17.9. The Hall–Kier alpha value is -1.80. The minimum atomic E-state index is 0.0955. The van der Waals surface area contributed by atoms with Gasteiger partial charge in [0, 0.05) is 36.9 Å². The van der Waals surface area contributed by atoms with Crippen molar-refractivity contribution in [1.82, 2.24) is 4.90 Å². The van der Waals surface area contributed by atoms with E-state index in [0.29, 0.717) is 0 Å². The largest absolute Gasteiger partial charge is 0.369 e. The maximum absolute atomic E-state index is 2.56. The van der Waals surface area contributed by atoms with E-state index in [-0.39, 0.29) is 11.1 Å². The van der Waals surface area contributed by atoms with Crippen LogP contribution in [-0.4, -0.2) is 23.0 Å². The van der Waals surface area contributed by atoms with Crippen LogP contribution in [0.4, 0.5) is 5.69 Å². The lowest BCUT2D eigenvalue weighted by Crippen LogP contribution is -2.42. The predicted octanol–water partition coefficient (Wildman–Crippen LogP) is 6.03. The Labute approximate surface area is 160 Å². The Kier molecular flexibility index (Phi) is 6.18. The molecule has 0 amide bonds. The summed E-state index contributed by atoms with van der Waals surface area (Å²) >= 11 is 0. The Morgan fingerprint density at radius 2 is 1.31 bits per heavy atom. The minimum absolute atomic E-state index is 0.0955. The minimum Gasteiger partial charge on any atom is -0.369 e. The molecule has 0 aliphatic carbocycles. The molecule has 0 bridgehead atoms. The molecule has 0 radical (unpaired) electrons. The van der Waals surface area contributed by atoms with Gasteiger partial charge in [-0.05, 0) is 65.7 Å². The third-order valence-electron chi connectivity index (χ3n) is 5.16. The van der Waals surface area contributed by atoms with Crippen molar-refractivity contribution in [1.29, 1.82) is 0 Å². The van der Waals surface area contributed by atoms with Gasteiger partial charge >= 0.3 is 0 Å². The Bertz CT molecular complexity index is 702. The fourth-order valence-corrected chi connectivity index (χ4v) is 2.98. The highest BCUT2D eigenvalue weighted by Gasteiger charge is 2.25. The highest BCUT2D eigenvalue weighted by atomic mass is 15.2. The summed E-state index contributed by atoms with van der Waals surface area (Å²) in [4.78, 5) is 4.95. The van der Waals surface area contributed by atoms with Crippen molar-refractivity contribution < 1.29 is 0 Å². The molecule has 0 aromatic heterocycles. The average Bonchev–Trinajstić information content (AvgIpc) is 2.54. The van der Waals surface area contributed by atoms with E-state index in [1.807, 2.05) is 0 Å². The van der Waals surface area contributed by atoms with Crippen LogP contribution in [0.3, 0.4) is 0 Å². The first-order valence-corrected chi connectivity index (χ1v) is 9.61. The number of para-hydroxylation sites is 1. The van der Waals surface area contributed by atoms with Gasteiger partial charge in [0.2, 0.25) is 0 Å². The second-order valence-corrected chi connectivity index (χ2v) is 9.37. The van der Waals surface area contributed by atoms with Gasteiger partial charge in [0.15, 0.2) is 0 Å². The second kappa shape index (κ2) is 7.84. The predicted molar refractivity (Wildman–Crippen MR) is 115 cm³/mol. The van der Waals surface area contributed by atoms with E-state index in [2.05, 4.69) is 114 Å². The lowest BCUT2D eigenvalue weighted by atomic mass is 10.00. The summed E-state index contributed by atoms with van der Waals surface area (Å²) in [6, 6.07) is 17.7. The molecule has 0 saturated carbocycles. The first-order chi connectivity index (χ1) is 12.0. The molecule has 0 fully saturated rings. The summed E-state index contributed by atoms with van der Waals surface area (Å²) in [5.74, 6) is 0. The molecule has 2 aromatic rings. The normalized spacial score (nSPS) is 12.5. The zero-order chi connectivity index (χ0) is 19.5. The lowest BCUT2D eigenvalue weighted by molar-refractivity contribution is 0.119. The summed E-state index contributed by atoms with van der Waals surface area (Å²) in [6.07, 6.45) is 0. The SMILES string of the molecule is Cc1ccc(CN(Cc2ccccc2N(C)C(C)(C)C)C(C)(C)C)cc1. The molecule has 0 spiro atoms. The molecule has 0 N–H and O–H groups in total. The first-order valence-electron chi connectivity index (χ1n) is 9.61. The monoisotopic (exact) mass is 352 g/mol. The van der Waals surface area contributed by atoms with Gasteiger partial charge < -0.3 is 4.90 Å². The number of aryl methyl sites for hydroxylation is 1. The van der Waals surface area contributed by atoms with E-state index in [1.165, 1.54) is 22.4 Å². The number of nitrogens with zero attached hydrogens (tertiary/aromatic N) is 2. The van der Waals surface area contributed by atoms with Crippen molar-refractivity contribution in [3.8, 4) is 0 Å². The summed E-state index contributed by atoms with van der Waals surface area (Å²) in [5, 5.41) is 0. The summed E-state index contributed by atoms with van der Waals surface area (Å²) in [5.41, 5.74) is 5.57. The molecule has 0 heterocycles. The lowest BCUT2D eigenvalue weighted by Gasteiger charge is -2.39. The van der Waals surface area contributed by atoms with Crippen LogP contribution >= 0.6 is 0 Å². The summed E-state index contributed by atoms with van der Waals surface area (Å²) in [6.45, 7) is 17.7. The third kappa shape index (κ3) is 5.35. The quantitative estimate of drug-likeness (QED) is 0.648. The molecule has 0 unspecified atom stereocenters. The van der Waals surface area contributed by atoms with Crippen LogP contribution in [0.2, 0.25) is 0 Å².